The molecule has 0 aromatic carbocycles. The number of rotatable bonds is 2. The van der Waals surface area contributed by atoms with Crippen molar-refractivity contribution in [3.05, 3.63) is 34.6 Å². The Morgan fingerprint density at radius 2 is 2.23 bits per heavy atom. The highest BCUT2D eigenvalue weighted by Gasteiger charge is 1.95. The van der Waals surface area contributed by atoms with Crippen molar-refractivity contribution in [1.29, 1.82) is 0 Å². The maximum Gasteiger partial charge on any atom is 0.329 e. The number of hydrogen-bond acceptors (Lipinski definition) is 3. The number of nitrogens with zero attached hydrogens (tertiary/aromatic N) is 1. The lowest BCUT2D eigenvalue weighted by molar-refractivity contribution is -0.131. The topological polar surface area (TPSA) is 59.3 Å². The van der Waals surface area contributed by atoms with E-state index in [0.717, 1.165) is 16.8 Å². The number of carbonyl (C=O) groups is 1. The predicted octanol–water partition coefficient (Wildman–Crippen LogP) is 0.692. The third-order valence-electron chi connectivity index (χ3n) is 1.33. The van der Waals surface area contributed by atoms with Gasteiger partial charge in [-0.1, -0.05) is 6.07 Å². The summed E-state index contributed by atoms with van der Waals surface area (Å²) in [4.78, 5) is 21.3. The fourth-order valence-electron chi connectivity index (χ4n) is 0.778. The average Bonchev–Trinajstić information content (AvgIpc) is 2.03. The van der Waals surface area contributed by atoms with Gasteiger partial charge in [-0.05, 0) is 6.07 Å². The molecule has 0 unspecified atom stereocenters. The van der Waals surface area contributed by atoms with Crippen molar-refractivity contribution >= 4 is 24.8 Å². The first kappa shape index (κ1) is 9.60. The summed E-state index contributed by atoms with van der Waals surface area (Å²) in [6.07, 6.45) is 2.04. The molecule has 1 N–H and O–H groups in total. The van der Waals surface area contributed by atoms with Gasteiger partial charge < -0.3 is 5.11 Å². The van der Waals surface area contributed by atoms with E-state index in [1.165, 1.54) is 6.07 Å². The van der Waals surface area contributed by atoms with Gasteiger partial charge in [-0.2, -0.15) is 0 Å². The first-order chi connectivity index (χ1) is 6.11. The third-order valence-corrected chi connectivity index (χ3v) is 1.70. The van der Waals surface area contributed by atoms with Gasteiger partial charge in [0, 0.05) is 18.3 Å². The summed E-state index contributed by atoms with van der Waals surface area (Å²) in [5, 5.41) is 8.72. The van der Waals surface area contributed by atoms with E-state index in [-0.39, 0.29) is 5.56 Å². The van der Waals surface area contributed by atoms with Gasteiger partial charge in [0.15, 0.2) is 0 Å². The zero-order valence-electron chi connectivity index (χ0n) is 6.54. The number of thiol groups is 1. The van der Waals surface area contributed by atoms with Crippen LogP contribution in [0.4, 0.5) is 0 Å². The Morgan fingerprint density at radius 3 is 2.77 bits per heavy atom. The van der Waals surface area contributed by atoms with Crippen LogP contribution >= 0.6 is 12.6 Å². The maximum atomic E-state index is 11.1. The highest BCUT2D eigenvalue weighted by Crippen LogP contribution is 2.01. The van der Waals surface area contributed by atoms with E-state index in [2.05, 4.69) is 12.6 Å². The van der Waals surface area contributed by atoms with Gasteiger partial charge in [0.25, 0.3) is 5.56 Å². The Balaban J connectivity index is 3.14. The Labute approximate surface area is 79.5 Å². The predicted molar refractivity (Wildman–Crippen MR) is 50.9 cm³/mol. The maximum absolute atomic E-state index is 11.1. The van der Waals surface area contributed by atoms with Crippen LogP contribution in [0.1, 0.15) is 0 Å². The molecule has 0 aliphatic carbocycles. The lowest BCUT2D eigenvalue weighted by Gasteiger charge is -2.00. The number of aromatic nitrogens is 1. The van der Waals surface area contributed by atoms with Crippen molar-refractivity contribution in [2.75, 3.05) is 0 Å². The first-order valence-electron chi connectivity index (χ1n) is 3.43. The summed E-state index contributed by atoms with van der Waals surface area (Å²) in [6.45, 7) is 0. The first-order valence-corrected chi connectivity index (χ1v) is 3.87. The van der Waals surface area contributed by atoms with Crippen LogP contribution in [0, 0.1) is 0 Å². The number of carboxylic acids is 1. The summed E-state index contributed by atoms with van der Waals surface area (Å²) < 4.78 is 1.14. The van der Waals surface area contributed by atoms with Gasteiger partial charge >= 0.3 is 5.97 Å². The Kier molecular flexibility index (Phi) is 2.92. The second kappa shape index (κ2) is 3.95. The largest absolute Gasteiger partial charge is 0.478 e. The van der Waals surface area contributed by atoms with Crippen LogP contribution in [-0.2, 0) is 4.79 Å². The normalized spacial score (nSPS) is 10.5. The molecule has 5 heteroatoms. The summed E-state index contributed by atoms with van der Waals surface area (Å²) in [5.74, 6) is -1.11. The van der Waals surface area contributed by atoms with Crippen molar-refractivity contribution in [2.24, 2.45) is 0 Å². The Morgan fingerprint density at radius 1 is 1.54 bits per heavy atom. The number of carboxylic acid groups (broad SMARTS) is 1. The van der Waals surface area contributed by atoms with E-state index in [1.54, 1.807) is 12.1 Å². The molecule has 0 saturated carbocycles. The Bertz CT molecular complexity index is 408. The number of aliphatic carboxylic acids is 1. The molecule has 1 aromatic rings. The van der Waals surface area contributed by atoms with E-state index in [1.807, 2.05) is 0 Å². The third kappa shape index (κ3) is 2.48. The monoisotopic (exact) mass is 197 g/mol. The molecule has 0 amide bonds. The fraction of sp³-hybridized carbons (Fsp3) is 0. The lowest BCUT2D eigenvalue weighted by atomic mass is 10.5. The van der Waals surface area contributed by atoms with Crippen LogP contribution < -0.4 is 5.56 Å². The zero-order chi connectivity index (χ0) is 9.84. The number of hydrogen-bond donors (Lipinski definition) is 2. The molecule has 0 aliphatic rings. The minimum Gasteiger partial charge on any atom is -0.478 e. The molecule has 0 aliphatic heterocycles. The fourth-order valence-corrected chi connectivity index (χ4v) is 1.03. The molecule has 13 heavy (non-hydrogen) atoms. The molecule has 1 aromatic heterocycles. The van der Waals surface area contributed by atoms with Crippen LogP contribution in [-0.4, -0.2) is 15.6 Å². The summed E-state index contributed by atoms with van der Waals surface area (Å²) >= 11 is 3.99. The minimum absolute atomic E-state index is 0.315. The Hall–Kier alpha value is -1.49. The van der Waals surface area contributed by atoms with Gasteiger partial charge in [-0.25, -0.2) is 4.79 Å². The van der Waals surface area contributed by atoms with Crippen molar-refractivity contribution < 1.29 is 9.90 Å². The quantitative estimate of drug-likeness (QED) is 0.541. The SMILES string of the molecule is O=C(O)/C=C/n1c(S)cccc1=O. The van der Waals surface area contributed by atoms with E-state index in [9.17, 15) is 9.59 Å². The molecule has 0 saturated heterocycles. The van der Waals surface area contributed by atoms with Gasteiger partial charge in [-0.3, -0.25) is 9.36 Å². The molecule has 4 nitrogen and oxygen atoms in total. The van der Waals surface area contributed by atoms with E-state index in [0.29, 0.717) is 5.03 Å². The summed E-state index contributed by atoms with van der Waals surface area (Å²) in [6, 6.07) is 4.47. The molecular formula is C8H7NO3S. The molecule has 1 heterocycles. The molecule has 0 atom stereocenters. The highest BCUT2D eigenvalue weighted by atomic mass is 32.1. The van der Waals surface area contributed by atoms with E-state index < -0.39 is 5.97 Å². The van der Waals surface area contributed by atoms with Crippen LogP contribution in [0.3, 0.4) is 0 Å². The van der Waals surface area contributed by atoms with Crippen LogP contribution in [0.25, 0.3) is 6.20 Å². The molecular weight excluding hydrogens is 190 g/mol. The van der Waals surface area contributed by atoms with Gasteiger partial charge in [0.2, 0.25) is 0 Å². The molecule has 0 radical (unpaired) electrons. The van der Waals surface area contributed by atoms with Crippen LogP contribution in [0.5, 0.6) is 0 Å². The lowest BCUT2D eigenvalue weighted by Crippen LogP contribution is -2.14. The van der Waals surface area contributed by atoms with Gasteiger partial charge in [0.05, 0.1) is 5.03 Å². The highest BCUT2D eigenvalue weighted by molar-refractivity contribution is 7.80. The minimum atomic E-state index is -1.11. The molecule has 0 fully saturated rings. The second-order valence-corrected chi connectivity index (χ2v) is 2.70. The van der Waals surface area contributed by atoms with Crippen molar-refractivity contribution in [3.63, 3.8) is 0 Å². The van der Waals surface area contributed by atoms with Gasteiger partial charge in [-0.15, -0.1) is 12.6 Å². The van der Waals surface area contributed by atoms with E-state index in [4.69, 9.17) is 5.11 Å². The second-order valence-electron chi connectivity index (χ2n) is 2.25. The molecule has 1 rings (SSSR count). The smallest absolute Gasteiger partial charge is 0.329 e. The van der Waals surface area contributed by atoms with Crippen molar-refractivity contribution in [1.82, 2.24) is 4.57 Å². The number of pyridine rings is 1. The summed E-state index contributed by atoms with van der Waals surface area (Å²) in [5.41, 5.74) is -0.315. The van der Waals surface area contributed by atoms with Crippen LogP contribution in [0.15, 0.2) is 34.1 Å². The zero-order valence-corrected chi connectivity index (χ0v) is 7.44. The van der Waals surface area contributed by atoms with Gasteiger partial charge in [0.1, 0.15) is 0 Å². The summed E-state index contributed by atoms with van der Waals surface area (Å²) in [7, 11) is 0. The molecule has 68 valence electrons. The van der Waals surface area contributed by atoms with Crippen LogP contribution in [0.2, 0.25) is 0 Å². The molecule has 0 spiro atoms. The van der Waals surface area contributed by atoms with E-state index >= 15 is 0 Å². The van der Waals surface area contributed by atoms with Crippen molar-refractivity contribution in [2.45, 2.75) is 5.03 Å². The molecule has 0 bridgehead atoms. The standard InChI is InChI=1S/C8H7NO3S/c10-6-2-1-3-7(13)9(6)5-4-8(11)12/h1-5,13H,(H,11,12)/b5-4+. The van der Waals surface area contributed by atoms with Crippen molar-refractivity contribution in [3.8, 4) is 0 Å². The average molecular weight is 197 g/mol.